The Bertz CT molecular complexity index is 291. The Morgan fingerprint density at radius 2 is 2.12 bits per heavy atom. The van der Waals surface area contributed by atoms with Gasteiger partial charge in [0.1, 0.15) is 0 Å². The first kappa shape index (κ1) is 11.6. The van der Waals surface area contributed by atoms with Gasteiger partial charge in [-0.25, -0.2) is 0 Å². The third kappa shape index (κ3) is 2.62. The van der Waals surface area contributed by atoms with E-state index in [-0.39, 0.29) is 0 Å². The monoisotopic (exact) mass is 222 g/mol. The van der Waals surface area contributed by atoms with Crippen molar-refractivity contribution in [2.75, 3.05) is 26.2 Å². The summed E-state index contributed by atoms with van der Waals surface area (Å²) in [6.45, 7) is 4.29. The van der Waals surface area contributed by atoms with Gasteiger partial charge in [0.2, 0.25) is 0 Å². The van der Waals surface area contributed by atoms with Crippen LogP contribution >= 0.6 is 0 Å². The highest BCUT2D eigenvalue weighted by Gasteiger charge is 2.28. The number of aliphatic imine (C=N–C) groups is 1. The van der Waals surface area contributed by atoms with E-state index in [1.165, 1.54) is 25.9 Å². The van der Waals surface area contributed by atoms with Crippen molar-refractivity contribution in [3.05, 3.63) is 11.8 Å². The smallest absolute Gasteiger partial charge is 0.0754 e. The molecule has 0 radical (unpaired) electrons. The molecular formula is C12H22N4. The van der Waals surface area contributed by atoms with Gasteiger partial charge in [-0.3, -0.25) is 4.99 Å². The Morgan fingerprint density at radius 3 is 2.81 bits per heavy atom. The van der Waals surface area contributed by atoms with Crippen LogP contribution in [0.15, 0.2) is 16.8 Å². The predicted octanol–water partition coefficient (Wildman–Crippen LogP) is 0.487. The molecule has 4 N–H and O–H groups in total. The third-order valence-corrected chi connectivity index (χ3v) is 3.60. The van der Waals surface area contributed by atoms with E-state index in [0.29, 0.717) is 6.54 Å². The maximum absolute atomic E-state index is 6.26. The first-order chi connectivity index (χ1) is 7.71. The van der Waals surface area contributed by atoms with E-state index in [0.717, 1.165) is 25.1 Å². The highest BCUT2D eigenvalue weighted by Crippen LogP contribution is 2.20. The lowest BCUT2D eigenvalue weighted by atomic mass is 9.89. The summed E-state index contributed by atoms with van der Waals surface area (Å²) in [4.78, 5) is 6.72. The SMILES string of the molecule is NC1=CC=NCC1(N)CCCN1CCCC1. The maximum atomic E-state index is 6.26. The standard InChI is InChI=1S/C12H22N4/c13-11-4-6-15-10-12(11,14)5-3-9-16-7-1-2-8-16/h4,6H,1-3,5,7-10,13-14H2. The highest BCUT2D eigenvalue weighted by molar-refractivity contribution is 5.74. The van der Waals surface area contributed by atoms with Crippen molar-refractivity contribution in [3.63, 3.8) is 0 Å². The highest BCUT2D eigenvalue weighted by atomic mass is 15.1. The van der Waals surface area contributed by atoms with Crippen molar-refractivity contribution in [2.24, 2.45) is 16.5 Å². The lowest BCUT2D eigenvalue weighted by Crippen LogP contribution is -2.49. The Balaban J connectivity index is 1.76. The van der Waals surface area contributed by atoms with Gasteiger partial charge in [0.15, 0.2) is 0 Å². The minimum Gasteiger partial charge on any atom is -0.400 e. The van der Waals surface area contributed by atoms with Gasteiger partial charge >= 0.3 is 0 Å². The minimum absolute atomic E-state index is 0.394. The largest absolute Gasteiger partial charge is 0.400 e. The zero-order chi connectivity index (χ0) is 11.4. The average molecular weight is 222 g/mol. The van der Waals surface area contributed by atoms with Gasteiger partial charge in [-0.2, -0.15) is 0 Å². The number of hydrogen-bond donors (Lipinski definition) is 2. The lowest BCUT2D eigenvalue weighted by Gasteiger charge is -2.30. The molecule has 0 aromatic rings. The fourth-order valence-corrected chi connectivity index (χ4v) is 2.45. The zero-order valence-electron chi connectivity index (χ0n) is 9.86. The van der Waals surface area contributed by atoms with Crippen LogP contribution < -0.4 is 11.5 Å². The molecule has 0 spiro atoms. The number of dihydropyridines is 1. The van der Waals surface area contributed by atoms with Crippen molar-refractivity contribution < 1.29 is 0 Å². The van der Waals surface area contributed by atoms with Crippen LogP contribution in [0, 0.1) is 0 Å². The zero-order valence-corrected chi connectivity index (χ0v) is 9.86. The molecule has 4 heteroatoms. The lowest BCUT2D eigenvalue weighted by molar-refractivity contribution is 0.312. The summed E-state index contributed by atoms with van der Waals surface area (Å²) < 4.78 is 0. The second-order valence-electron chi connectivity index (χ2n) is 4.92. The number of likely N-dealkylation sites (tertiary alicyclic amines) is 1. The van der Waals surface area contributed by atoms with Gasteiger partial charge in [0.25, 0.3) is 0 Å². The van der Waals surface area contributed by atoms with E-state index in [1.54, 1.807) is 6.21 Å². The Morgan fingerprint density at radius 1 is 1.38 bits per heavy atom. The number of nitrogens with two attached hydrogens (primary N) is 2. The Kier molecular flexibility index (Phi) is 3.61. The molecule has 0 bridgehead atoms. The van der Waals surface area contributed by atoms with E-state index in [1.807, 2.05) is 6.08 Å². The molecule has 16 heavy (non-hydrogen) atoms. The molecule has 1 fully saturated rings. The van der Waals surface area contributed by atoms with Crippen LogP contribution in [-0.4, -0.2) is 42.8 Å². The molecule has 2 heterocycles. The molecule has 2 rings (SSSR count). The molecule has 90 valence electrons. The van der Waals surface area contributed by atoms with Crippen LogP contribution in [0.4, 0.5) is 0 Å². The molecular weight excluding hydrogens is 200 g/mol. The molecule has 0 aliphatic carbocycles. The normalized spacial score (nSPS) is 30.7. The maximum Gasteiger partial charge on any atom is 0.0754 e. The van der Waals surface area contributed by atoms with Crippen LogP contribution in [0.5, 0.6) is 0 Å². The summed E-state index contributed by atoms with van der Waals surface area (Å²) in [6.07, 6.45) is 8.32. The second-order valence-corrected chi connectivity index (χ2v) is 4.92. The molecule has 0 aromatic heterocycles. The quantitative estimate of drug-likeness (QED) is 0.727. The molecule has 1 unspecified atom stereocenters. The van der Waals surface area contributed by atoms with Crippen molar-refractivity contribution >= 4 is 6.21 Å². The minimum atomic E-state index is -0.394. The summed E-state index contributed by atoms with van der Waals surface area (Å²) in [5.74, 6) is 0. The van der Waals surface area contributed by atoms with Gasteiger partial charge < -0.3 is 16.4 Å². The van der Waals surface area contributed by atoms with E-state index in [2.05, 4.69) is 9.89 Å². The van der Waals surface area contributed by atoms with Gasteiger partial charge in [0.05, 0.1) is 12.1 Å². The van der Waals surface area contributed by atoms with Crippen molar-refractivity contribution in [1.82, 2.24) is 4.90 Å². The van der Waals surface area contributed by atoms with E-state index in [9.17, 15) is 0 Å². The topological polar surface area (TPSA) is 67.6 Å². The van der Waals surface area contributed by atoms with E-state index in [4.69, 9.17) is 11.5 Å². The van der Waals surface area contributed by atoms with Crippen LogP contribution in [0.1, 0.15) is 25.7 Å². The summed E-state index contributed by atoms with van der Waals surface area (Å²) in [5.41, 5.74) is 12.6. The average Bonchev–Trinajstić information content (AvgIpc) is 2.76. The molecule has 1 atom stereocenters. The Labute approximate surface area is 97.4 Å². The number of hydrogen-bond acceptors (Lipinski definition) is 4. The van der Waals surface area contributed by atoms with Crippen LogP contribution in [-0.2, 0) is 0 Å². The molecule has 0 amide bonds. The molecule has 4 nitrogen and oxygen atoms in total. The van der Waals surface area contributed by atoms with Gasteiger partial charge in [-0.1, -0.05) is 0 Å². The summed E-state index contributed by atoms with van der Waals surface area (Å²) in [6, 6.07) is 0. The van der Waals surface area contributed by atoms with Crippen LogP contribution in [0.25, 0.3) is 0 Å². The number of nitrogens with zero attached hydrogens (tertiary/aromatic N) is 2. The van der Waals surface area contributed by atoms with Crippen molar-refractivity contribution in [3.8, 4) is 0 Å². The molecule has 2 aliphatic rings. The molecule has 0 saturated carbocycles. The number of allylic oxidation sites excluding steroid dienone is 1. The fraction of sp³-hybridized carbons (Fsp3) is 0.750. The number of rotatable bonds is 4. The van der Waals surface area contributed by atoms with Crippen LogP contribution in [0.2, 0.25) is 0 Å². The molecule has 2 aliphatic heterocycles. The van der Waals surface area contributed by atoms with Gasteiger partial charge in [0, 0.05) is 11.9 Å². The summed E-state index contributed by atoms with van der Waals surface area (Å²) in [5, 5.41) is 0. The first-order valence-corrected chi connectivity index (χ1v) is 6.18. The van der Waals surface area contributed by atoms with E-state index < -0.39 is 5.54 Å². The summed E-state index contributed by atoms with van der Waals surface area (Å²) in [7, 11) is 0. The first-order valence-electron chi connectivity index (χ1n) is 6.18. The van der Waals surface area contributed by atoms with Gasteiger partial charge in [-0.15, -0.1) is 0 Å². The fourth-order valence-electron chi connectivity index (χ4n) is 2.45. The predicted molar refractivity (Wildman–Crippen MR) is 67.5 cm³/mol. The molecule has 1 saturated heterocycles. The third-order valence-electron chi connectivity index (χ3n) is 3.60. The Hall–Kier alpha value is -0.870. The van der Waals surface area contributed by atoms with Crippen LogP contribution in [0.3, 0.4) is 0 Å². The summed E-state index contributed by atoms with van der Waals surface area (Å²) >= 11 is 0. The van der Waals surface area contributed by atoms with Crippen molar-refractivity contribution in [1.29, 1.82) is 0 Å². The second kappa shape index (κ2) is 4.97. The van der Waals surface area contributed by atoms with E-state index >= 15 is 0 Å². The van der Waals surface area contributed by atoms with Crippen molar-refractivity contribution in [2.45, 2.75) is 31.2 Å². The van der Waals surface area contributed by atoms with Gasteiger partial charge in [-0.05, 0) is 51.4 Å². The molecule has 0 aromatic carbocycles.